The summed E-state index contributed by atoms with van der Waals surface area (Å²) >= 11 is 0. The van der Waals surface area contributed by atoms with Crippen LogP contribution < -0.4 is 5.32 Å². The second-order valence-electron chi connectivity index (χ2n) is 8.57. The number of amides is 3. The molecular weight excluding hydrogens is 430 g/mol. The number of hydrogen-bond acceptors (Lipinski definition) is 4. The number of hydrogen-bond donors (Lipinski definition) is 1. The van der Waals surface area contributed by atoms with Crippen LogP contribution >= 0.6 is 0 Å². The van der Waals surface area contributed by atoms with Crippen molar-refractivity contribution < 1.29 is 19.1 Å². The van der Waals surface area contributed by atoms with Crippen LogP contribution in [0.5, 0.6) is 0 Å². The van der Waals surface area contributed by atoms with Crippen molar-refractivity contribution in [3.63, 3.8) is 0 Å². The summed E-state index contributed by atoms with van der Waals surface area (Å²) in [5, 5.41) is 2.72. The Morgan fingerprint density at radius 1 is 1.00 bits per heavy atom. The molecule has 0 radical (unpaired) electrons. The quantitative estimate of drug-likeness (QED) is 0.533. The first-order valence-electron chi connectivity index (χ1n) is 12.2. The summed E-state index contributed by atoms with van der Waals surface area (Å²) in [6.45, 7) is 4.70. The topological polar surface area (TPSA) is 79.0 Å². The van der Waals surface area contributed by atoms with Crippen LogP contribution in [0, 0.1) is 0 Å². The van der Waals surface area contributed by atoms with E-state index in [4.69, 9.17) is 4.74 Å². The second-order valence-corrected chi connectivity index (χ2v) is 8.57. The first kappa shape index (κ1) is 25.3. The molecular formula is C27H35N3O4. The lowest BCUT2D eigenvalue weighted by molar-refractivity contribution is -0.134. The molecule has 7 heteroatoms. The third kappa shape index (κ3) is 7.61. The smallest absolute Gasteiger partial charge is 0.407 e. The van der Waals surface area contributed by atoms with Gasteiger partial charge < -0.3 is 19.9 Å². The zero-order valence-corrected chi connectivity index (χ0v) is 19.9. The van der Waals surface area contributed by atoms with Crippen LogP contribution in [0.25, 0.3) is 0 Å². The van der Waals surface area contributed by atoms with Gasteiger partial charge in [0.05, 0.1) is 0 Å². The van der Waals surface area contributed by atoms with E-state index in [9.17, 15) is 14.4 Å². The summed E-state index contributed by atoms with van der Waals surface area (Å²) in [5.74, 6) is 0.159. The Balaban J connectivity index is 1.38. The molecule has 0 spiro atoms. The Labute approximate surface area is 202 Å². The number of carbonyl (C=O) groups is 3. The molecule has 7 nitrogen and oxygen atoms in total. The molecule has 0 unspecified atom stereocenters. The van der Waals surface area contributed by atoms with Gasteiger partial charge in [-0.25, -0.2) is 4.79 Å². The number of nitrogens with zero attached hydrogens (tertiary/aromatic N) is 2. The molecule has 0 aromatic heterocycles. The lowest BCUT2D eigenvalue weighted by Gasteiger charge is -2.38. The van der Waals surface area contributed by atoms with Gasteiger partial charge in [0, 0.05) is 44.2 Å². The molecule has 1 heterocycles. The molecule has 0 atom stereocenters. The van der Waals surface area contributed by atoms with Gasteiger partial charge >= 0.3 is 6.09 Å². The van der Waals surface area contributed by atoms with Gasteiger partial charge in [0.15, 0.2) is 0 Å². The molecule has 34 heavy (non-hydrogen) atoms. The van der Waals surface area contributed by atoms with Crippen LogP contribution in [-0.4, -0.2) is 59.9 Å². The minimum absolute atomic E-state index is 0.0534. The van der Waals surface area contributed by atoms with E-state index in [2.05, 4.69) is 12.2 Å². The molecule has 1 aliphatic heterocycles. The van der Waals surface area contributed by atoms with Crippen molar-refractivity contribution in [1.82, 2.24) is 15.1 Å². The highest BCUT2D eigenvalue weighted by Gasteiger charge is 2.29. The summed E-state index contributed by atoms with van der Waals surface area (Å²) in [6.07, 6.45) is 2.92. The number of carbonyl (C=O) groups excluding carboxylic acids is 3. The van der Waals surface area contributed by atoms with E-state index in [1.165, 1.54) is 0 Å². The number of ether oxygens (including phenoxy) is 1. The Morgan fingerprint density at radius 3 is 2.29 bits per heavy atom. The van der Waals surface area contributed by atoms with Crippen LogP contribution in [-0.2, 0) is 16.1 Å². The Kier molecular flexibility index (Phi) is 9.95. The number of rotatable bonds is 10. The highest BCUT2D eigenvalue weighted by Crippen LogP contribution is 2.20. The zero-order chi connectivity index (χ0) is 24.2. The molecule has 0 aliphatic carbocycles. The summed E-state index contributed by atoms with van der Waals surface area (Å²) < 4.78 is 5.20. The first-order chi connectivity index (χ1) is 16.6. The van der Waals surface area contributed by atoms with E-state index in [0.29, 0.717) is 44.6 Å². The van der Waals surface area contributed by atoms with Crippen molar-refractivity contribution in [2.45, 2.75) is 51.7 Å². The maximum Gasteiger partial charge on any atom is 0.407 e. The van der Waals surface area contributed by atoms with Gasteiger partial charge in [-0.1, -0.05) is 55.5 Å². The highest BCUT2D eigenvalue weighted by atomic mass is 16.5. The third-order valence-electron chi connectivity index (χ3n) is 6.05. The maximum absolute atomic E-state index is 12.9. The average molecular weight is 466 g/mol. The van der Waals surface area contributed by atoms with Crippen molar-refractivity contribution in [3.05, 3.63) is 71.8 Å². The lowest BCUT2D eigenvalue weighted by Crippen LogP contribution is -2.49. The van der Waals surface area contributed by atoms with Gasteiger partial charge in [-0.3, -0.25) is 9.59 Å². The SMILES string of the molecule is CCCN(C(=O)CCCNC(=O)OCc1ccccc1)C1CCN(C(=O)c2ccccc2)CC1. The van der Waals surface area contributed by atoms with Gasteiger partial charge in [0.25, 0.3) is 5.91 Å². The standard InChI is InChI=1S/C27H35N3O4/c1-2-18-30(24-15-19-29(20-16-24)26(32)23-12-7-4-8-13-23)25(31)14-9-17-28-27(33)34-21-22-10-5-3-6-11-22/h3-8,10-13,24H,2,9,14-21H2,1H3,(H,28,33). The van der Waals surface area contributed by atoms with E-state index < -0.39 is 6.09 Å². The molecule has 2 aromatic carbocycles. The van der Waals surface area contributed by atoms with E-state index >= 15 is 0 Å². The Hall–Kier alpha value is -3.35. The minimum atomic E-state index is -0.475. The van der Waals surface area contributed by atoms with Crippen molar-refractivity contribution in [2.24, 2.45) is 0 Å². The minimum Gasteiger partial charge on any atom is -0.445 e. The van der Waals surface area contributed by atoms with Gasteiger partial charge in [-0.05, 0) is 43.4 Å². The molecule has 0 bridgehead atoms. The van der Waals surface area contributed by atoms with Gasteiger partial charge in [-0.2, -0.15) is 0 Å². The molecule has 1 fully saturated rings. The molecule has 1 aliphatic rings. The number of piperidine rings is 1. The third-order valence-corrected chi connectivity index (χ3v) is 6.05. The van der Waals surface area contributed by atoms with Gasteiger partial charge in [0.2, 0.25) is 5.91 Å². The number of nitrogens with one attached hydrogen (secondary N) is 1. The molecule has 3 amide bonds. The van der Waals surface area contributed by atoms with Crippen molar-refractivity contribution in [2.75, 3.05) is 26.2 Å². The summed E-state index contributed by atoms with van der Waals surface area (Å²) in [5.41, 5.74) is 1.64. The highest BCUT2D eigenvalue weighted by molar-refractivity contribution is 5.94. The maximum atomic E-state index is 12.9. The summed E-state index contributed by atoms with van der Waals surface area (Å²) in [4.78, 5) is 41.3. The summed E-state index contributed by atoms with van der Waals surface area (Å²) in [7, 11) is 0. The van der Waals surface area contributed by atoms with Gasteiger partial charge in [-0.15, -0.1) is 0 Å². The predicted octanol–water partition coefficient (Wildman–Crippen LogP) is 4.24. The van der Waals surface area contributed by atoms with Crippen molar-refractivity contribution in [1.29, 1.82) is 0 Å². The molecule has 1 saturated heterocycles. The van der Waals surface area contributed by atoms with Crippen LogP contribution in [0.3, 0.4) is 0 Å². The number of benzene rings is 2. The monoisotopic (exact) mass is 465 g/mol. The summed E-state index contributed by atoms with van der Waals surface area (Å²) in [6, 6.07) is 19.0. The fraction of sp³-hybridized carbons (Fsp3) is 0.444. The Bertz CT molecular complexity index is 912. The molecule has 0 saturated carbocycles. The normalized spacial score (nSPS) is 13.9. The van der Waals surface area contributed by atoms with Crippen LogP contribution in [0.1, 0.15) is 54.9 Å². The molecule has 2 aromatic rings. The fourth-order valence-corrected chi connectivity index (χ4v) is 4.24. The van der Waals surface area contributed by atoms with Crippen LogP contribution in [0.4, 0.5) is 4.79 Å². The van der Waals surface area contributed by atoms with Gasteiger partial charge in [0.1, 0.15) is 6.61 Å². The van der Waals surface area contributed by atoms with E-state index in [1.54, 1.807) is 0 Å². The van der Waals surface area contributed by atoms with Crippen LogP contribution in [0.2, 0.25) is 0 Å². The van der Waals surface area contributed by atoms with E-state index in [0.717, 1.165) is 24.8 Å². The van der Waals surface area contributed by atoms with Crippen molar-refractivity contribution in [3.8, 4) is 0 Å². The predicted molar refractivity (Wildman–Crippen MR) is 131 cm³/mol. The molecule has 3 rings (SSSR count). The number of alkyl carbamates (subject to hydrolysis) is 1. The lowest BCUT2D eigenvalue weighted by atomic mass is 10.0. The van der Waals surface area contributed by atoms with E-state index in [-0.39, 0.29) is 24.5 Å². The second kappa shape index (κ2) is 13.4. The van der Waals surface area contributed by atoms with E-state index in [1.807, 2.05) is 70.5 Å². The molecule has 1 N–H and O–H groups in total. The average Bonchev–Trinajstić information content (AvgIpc) is 2.89. The fourth-order valence-electron chi connectivity index (χ4n) is 4.24. The van der Waals surface area contributed by atoms with Crippen molar-refractivity contribution >= 4 is 17.9 Å². The molecule has 182 valence electrons. The largest absolute Gasteiger partial charge is 0.445 e. The first-order valence-corrected chi connectivity index (χ1v) is 12.2. The zero-order valence-electron chi connectivity index (χ0n) is 19.9. The Morgan fingerprint density at radius 2 is 1.65 bits per heavy atom. The number of likely N-dealkylation sites (tertiary alicyclic amines) is 1. The van der Waals surface area contributed by atoms with Crippen LogP contribution in [0.15, 0.2) is 60.7 Å².